The van der Waals surface area contributed by atoms with Crippen molar-refractivity contribution >= 4 is 21.4 Å². The van der Waals surface area contributed by atoms with Crippen molar-refractivity contribution in [3.8, 4) is 0 Å². The molecule has 0 aliphatic carbocycles. The predicted octanol–water partition coefficient (Wildman–Crippen LogP) is 5.60. The second kappa shape index (κ2) is 10.9. The quantitative estimate of drug-likeness (QED) is 0.390. The average Bonchev–Trinajstić information content (AvgIpc) is 2.82. The Hall–Kier alpha value is -2.38. The molecule has 186 valence electrons. The normalized spacial score (nSPS) is 15.5. The van der Waals surface area contributed by atoms with Crippen molar-refractivity contribution in [2.75, 3.05) is 31.2 Å². The zero-order chi connectivity index (χ0) is 25.0. The first-order chi connectivity index (χ1) is 16.0. The van der Waals surface area contributed by atoms with Crippen molar-refractivity contribution in [1.82, 2.24) is 4.83 Å². The van der Waals surface area contributed by atoms with Gasteiger partial charge in [-0.05, 0) is 59.1 Å². The Labute approximate surface area is 205 Å². The van der Waals surface area contributed by atoms with Crippen molar-refractivity contribution in [2.24, 2.45) is 5.10 Å². The van der Waals surface area contributed by atoms with Gasteiger partial charge in [0.1, 0.15) is 0 Å². The van der Waals surface area contributed by atoms with Crippen molar-refractivity contribution in [1.29, 1.82) is 0 Å². The van der Waals surface area contributed by atoms with Gasteiger partial charge >= 0.3 is 0 Å². The Morgan fingerprint density at radius 1 is 0.912 bits per heavy atom. The molecule has 0 aromatic heterocycles. The molecule has 0 saturated carbocycles. The highest BCUT2D eigenvalue weighted by atomic mass is 32.2. The molecule has 34 heavy (non-hydrogen) atoms. The van der Waals surface area contributed by atoms with Crippen molar-refractivity contribution in [3.63, 3.8) is 0 Å². The van der Waals surface area contributed by atoms with Crippen LogP contribution in [-0.2, 0) is 14.8 Å². The van der Waals surface area contributed by atoms with Crippen molar-refractivity contribution < 1.29 is 13.2 Å². The van der Waals surface area contributed by atoms with Crippen LogP contribution in [0.15, 0.2) is 46.4 Å². The van der Waals surface area contributed by atoms with Crippen LogP contribution >= 0.6 is 0 Å². The SMILES string of the molecule is C/C(=N\NS(=O)(=O)c1c(C(C)C)cc(C(C)C)cc1C(C)C)c1ccc(N2CCOCC2)cc1. The molecule has 0 atom stereocenters. The average molecular weight is 486 g/mol. The summed E-state index contributed by atoms with van der Waals surface area (Å²) < 4.78 is 32.5. The number of anilines is 1. The molecule has 0 amide bonds. The van der Waals surface area contributed by atoms with Crippen molar-refractivity contribution in [2.45, 2.75) is 71.1 Å². The summed E-state index contributed by atoms with van der Waals surface area (Å²) in [4.78, 5) is 5.17. The second-order valence-electron chi connectivity index (χ2n) is 9.93. The summed E-state index contributed by atoms with van der Waals surface area (Å²) in [7, 11) is -3.84. The number of nitrogens with zero attached hydrogens (tertiary/aromatic N) is 2. The predicted molar refractivity (Wildman–Crippen MR) is 141 cm³/mol. The van der Waals surface area contributed by atoms with E-state index in [0.717, 1.165) is 54.2 Å². The monoisotopic (exact) mass is 485 g/mol. The van der Waals surface area contributed by atoms with Gasteiger partial charge < -0.3 is 9.64 Å². The summed E-state index contributed by atoms with van der Waals surface area (Å²) >= 11 is 0. The van der Waals surface area contributed by atoms with Gasteiger partial charge in [-0.1, -0.05) is 65.8 Å². The molecule has 1 saturated heterocycles. The molecule has 1 heterocycles. The number of morpholine rings is 1. The van der Waals surface area contributed by atoms with E-state index in [9.17, 15) is 8.42 Å². The van der Waals surface area contributed by atoms with Crippen LogP contribution in [0.25, 0.3) is 0 Å². The van der Waals surface area contributed by atoms with Gasteiger partial charge in [0.15, 0.2) is 0 Å². The highest BCUT2D eigenvalue weighted by Gasteiger charge is 2.27. The molecular formula is C27H39N3O3S. The van der Waals surface area contributed by atoms with E-state index in [1.54, 1.807) is 0 Å². The van der Waals surface area contributed by atoms with E-state index < -0.39 is 10.0 Å². The van der Waals surface area contributed by atoms with Gasteiger partial charge in [-0.3, -0.25) is 0 Å². The van der Waals surface area contributed by atoms with Gasteiger partial charge in [0, 0.05) is 18.8 Å². The lowest BCUT2D eigenvalue weighted by Crippen LogP contribution is -2.36. The third-order valence-electron chi connectivity index (χ3n) is 6.34. The fourth-order valence-corrected chi connectivity index (χ4v) is 5.73. The highest BCUT2D eigenvalue weighted by molar-refractivity contribution is 7.89. The van der Waals surface area contributed by atoms with Gasteiger partial charge in [0.05, 0.1) is 23.8 Å². The van der Waals surface area contributed by atoms with Crippen LogP contribution in [-0.4, -0.2) is 40.4 Å². The third kappa shape index (κ3) is 5.99. The van der Waals surface area contributed by atoms with Crippen LogP contribution in [0.2, 0.25) is 0 Å². The summed E-state index contributed by atoms with van der Waals surface area (Å²) in [5, 5.41) is 4.29. The zero-order valence-corrected chi connectivity index (χ0v) is 22.4. The Kier molecular flexibility index (Phi) is 8.42. The topological polar surface area (TPSA) is 71.0 Å². The second-order valence-corrected chi connectivity index (χ2v) is 11.5. The molecule has 3 rings (SSSR count). The van der Waals surface area contributed by atoms with E-state index in [0.29, 0.717) is 16.5 Å². The summed E-state index contributed by atoms with van der Waals surface area (Å²) in [5.74, 6) is 0.460. The number of hydrogen-bond acceptors (Lipinski definition) is 5. The van der Waals surface area contributed by atoms with Crippen molar-refractivity contribution in [3.05, 3.63) is 58.7 Å². The summed E-state index contributed by atoms with van der Waals surface area (Å²) in [6, 6.07) is 12.1. The highest BCUT2D eigenvalue weighted by Crippen LogP contribution is 2.35. The maximum absolute atomic E-state index is 13.5. The van der Waals surface area contributed by atoms with Crippen LogP contribution in [0.1, 0.15) is 88.5 Å². The van der Waals surface area contributed by atoms with Crippen LogP contribution in [0.3, 0.4) is 0 Å². The minimum absolute atomic E-state index is 0.0700. The first-order valence-electron chi connectivity index (χ1n) is 12.2. The largest absolute Gasteiger partial charge is 0.378 e. The molecule has 6 nitrogen and oxygen atoms in total. The maximum Gasteiger partial charge on any atom is 0.277 e. The molecule has 2 aromatic rings. The fraction of sp³-hybridized carbons (Fsp3) is 0.519. The number of hydrogen-bond donors (Lipinski definition) is 1. The summed E-state index contributed by atoms with van der Waals surface area (Å²) in [6.45, 7) is 17.4. The molecule has 0 bridgehead atoms. The molecule has 0 spiro atoms. The number of rotatable bonds is 8. The van der Waals surface area contributed by atoms with Gasteiger partial charge in [-0.15, -0.1) is 0 Å². The Bertz CT molecular complexity index is 1090. The van der Waals surface area contributed by atoms with E-state index in [1.165, 1.54) is 0 Å². The lowest BCUT2D eigenvalue weighted by molar-refractivity contribution is 0.122. The molecule has 1 aliphatic rings. The molecular weight excluding hydrogens is 446 g/mol. The number of ether oxygens (including phenoxy) is 1. The van der Waals surface area contributed by atoms with E-state index in [2.05, 4.69) is 28.7 Å². The number of sulfonamides is 1. The molecule has 1 N–H and O–H groups in total. The van der Waals surface area contributed by atoms with Gasteiger partial charge in [-0.25, -0.2) is 0 Å². The van der Waals surface area contributed by atoms with E-state index in [4.69, 9.17) is 4.74 Å². The molecule has 0 radical (unpaired) electrons. The van der Waals surface area contributed by atoms with E-state index in [1.807, 2.05) is 71.0 Å². The minimum Gasteiger partial charge on any atom is -0.378 e. The first kappa shape index (κ1) is 26.2. The van der Waals surface area contributed by atoms with Crippen LogP contribution in [0, 0.1) is 0 Å². The lowest BCUT2D eigenvalue weighted by Gasteiger charge is -2.28. The summed E-state index contributed by atoms with van der Waals surface area (Å²) in [5.41, 5.74) is 5.46. The van der Waals surface area contributed by atoms with Crippen LogP contribution < -0.4 is 9.73 Å². The molecule has 0 unspecified atom stereocenters. The lowest BCUT2D eigenvalue weighted by atomic mass is 9.89. The molecule has 1 fully saturated rings. The van der Waals surface area contributed by atoms with Crippen LogP contribution in [0.5, 0.6) is 0 Å². The van der Waals surface area contributed by atoms with Crippen LogP contribution in [0.4, 0.5) is 5.69 Å². The third-order valence-corrected chi connectivity index (χ3v) is 7.68. The van der Waals surface area contributed by atoms with E-state index >= 15 is 0 Å². The van der Waals surface area contributed by atoms with Gasteiger partial charge in [0.2, 0.25) is 0 Å². The Morgan fingerprint density at radius 2 is 1.44 bits per heavy atom. The maximum atomic E-state index is 13.5. The first-order valence-corrected chi connectivity index (χ1v) is 13.7. The molecule has 7 heteroatoms. The number of hydrazone groups is 1. The fourth-order valence-electron chi connectivity index (χ4n) is 4.17. The molecule has 2 aromatic carbocycles. The minimum atomic E-state index is -3.84. The standard InChI is InChI=1S/C27H39N3O3S/c1-18(2)23-16-25(19(3)4)27(26(17-23)20(5)6)34(31,32)29-28-21(7)22-8-10-24(11-9-22)30-12-14-33-15-13-30/h8-11,16-20,29H,12-15H2,1-7H3/b28-21+. The number of nitrogens with one attached hydrogen (secondary N) is 1. The smallest absolute Gasteiger partial charge is 0.277 e. The van der Waals surface area contributed by atoms with Gasteiger partial charge in [0.25, 0.3) is 10.0 Å². The molecule has 1 aliphatic heterocycles. The Morgan fingerprint density at radius 3 is 1.91 bits per heavy atom. The summed E-state index contributed by atoms with van der Waals surface area (Å²) in [6.07, 6.45) is 0. The number of benzene rings is 2. The zero-order valence-electron chi connectivity index (χ0n) is 21.6. The van der Waals surface area contributed by atoms with Gasteiger partial charge in [-0.2, -0.15) is 18.4 Å². The van der Waals surface area contributed by atoms with E-state index in [-0.39, 0.29) is 11.8 Å². The Balaban J connectivity index is 1.90.